The molecule has 0 saturated heterocycles. The summed E-state index contributed by atoms with van der Waals surface area (Å²) in [4.78, 5) is 3.24. The van der Waals surface area contributed by atoms with E-state index in [1.54, 1.807) is 0 Å². The highest BCUT2D eigenvalue weighted by atomic mass is 35.5. The monoisotopic (exact) mass is 302 g/mol. The van der Waals surface area contributed by atoms with Crippen molar-refractivity contribution < 1.29 is 0 Å². The first-order valence-corrected chi connectivity index (χ1v) is 7.37. The van der Waals surface area contributed by atoms with Crippen molar-refractivity contribution in [3.8, 4) is 0 Å². The Labute approximate surface area is 128 Å². The summed E-state index contributed by atoms with van der Waals surface area (Å²) in [7, 11) is 0. The van der Waals surface area contributed by atoms with Gasteiger partial charge in [-0.3, -0.25) is 0 Å². The summed E-state index contributed by atoms with van der Waals surface area (Å²) in [6.07, 6.45) is 0.939. The minimum absolute atomic E-state index is 0.275. The zero-order chi connectivity index (χ0) is 14.1. The maximum Gasteiger partial charge on any atom is 0.178 e. The Hall–Kier alpha value is -1.58. The van der Waals surface area contributed by atoms with E-state index in [2.05, 4.69) is 40.7 Å². The highest BCUT2D eigenvalue weighted by Crippen LogP contribution is 2.24. The number of aromatic amines is 1. The molecule has 2 aromatic carbocycles. The summed E-state index contributed by atoms with van der Waals surface area (Å²) in [5.74, 6) is 0. The van der Waals surface area contributed by atoms with Crippen molar-refractivity contribution in [1.29, 1.82) is 0 Å². The molecule has 102 valence electrons. The molecule has 1 unspecified atom stereocenters. The van der Waals surface area contributed by atoms with E-state index in [9.17, 15) is 0 Å². The van der Waals surface area contributed by atoms with E-state index in [0.717, 1.165) is 27.2 Å². The van der Waals surface area contributed by atoms with Crippen LogP contribution in [0.3, 0.4) is 0 Å². The van der Waals surface area contributed by atoms with E-state index in [4.69, 9.17) is 23.8 Å². The largest absolute Gasteiger partial charge is 0.331 e. The molecule has 0 radical (unpaired) electrons. The average molecular weight is 303 g/mol. The molecule has 0 spiro atoms. The molecule has 0 fully saturated rings. The van der Waals surface area contributed by atoms with Crippen molar-refractivity contribution in [2.75, 3.05) is 0 Å². The number of imidazole rings is 1. The number of halogens is 1. The van der Waals surface area contributed by atoms with Gasteiger partial charge in [0.25, 0.3) is 0 Å². The van der Waals surface area contributed by atoms with Crippen LogP contribution in [0.5, 0.6) is 0 Å². The molecule has 4 heteroatoms. The first kappa shape index (κ1) is 13.4. The molecule has 0 amide bonds. The van der Waals surface area contributed by atoms with Crippen molar-refractivity contribution >= 4 is 34.9 Å². The van der Waals surface area contributed by atoms with E-state index in [1.165, 1.54) is 5.56 Å². The van der Waals surface area contributed by atoms with Gasteiger partial charge in [0.2, 0.25) is 0 Å². The van der Waals surface area contributed by atoms with Gasteiger partial charge < -0.3 is 9.55 Å². The standard InChI is InChI=1S/C16H15ClN2S/c1-11(9-12-5-3-2-4-6-12)19-15-10-13(17)7-8-14(15)18-16(19)20/h2-8,10-11H,9H2,1H3,(H,18,20). The van der Waals surface area contributed by atoms with Gasteiger partial charge in [-0.05, 0) is 49.3 Å². The van der Waals surface area contributed by atoms with Gasteiger partial charge >= 0.3 is 0 Å². The smallest absolute Gasteiger partial charge is 0.178 e. The fourth-order valence-corrected chi connectivity index (χ4v) is 3.13. The normalized spacial score (nSPS) is 12.7. The first-order chi connectivity index (χ1) is 9.65. The third-order valence-corrected chi connectivity index (χ3v) is 4.03. The Morgan fingerprint density at radius 1 is 1.20 bits per heavy atom. The number of hydrogen-bond donors (Lipinski definition) is 1. The fourth-order valence-electron chi connectivity index (χ4n) is 2.58. The zero-order valence-electron chi connectivity index (χ0n) is 11.1. The van der Waals surface area contributed by atoms with E-state index < -0.39 is 0 Å². The molecule has 1 N–H and O–H groups in total. The molecule has 1 aromatic heterocycles. The molecule has 3 rings (SSSR count). The maximum absolute atomic E-state index is 6.10. The predicted octanol–water partition coefficient (Wildman–Crippen LogP) is 5.16. The van der Waals surface area contributed by atoms with Crippen LogP contribution in [0.2, 0.25) is 5.02 Å². The van der Waals surface area contributed by atoms with Crippen molar-refractivity contribution in [2.45, 2.75) is 19.4 Å². The second-order valence-electron chi connectivity index (χ2n) is 5.00. The number of hydrogen-bond acceptors (Lipinski definition) is 1. The van der Waals surface area contributed by atoms with Crippen LogP contribution in [0.1, 0.15) is 18.5 Å². The summed E-state index contributed by atoms with van der Waals surface area (Å²) >= 11 is 11.6. The number of benzene rings is 2. The van der Waals surface area contributed by atoms with Gasteiger partial charge in [0, 0.05) is 11.1 Å². The average Bonchev–Trinajstić information content (AvgIpc) is 2.75. The topological polar surface area (TPSA) is 20.7 Å². The first-order valence-electron chi connectivity index (χ1n) is 6.59. The molecule has 1 heterocycles. The molecule has 2 nitrogen and oxygen atoms in total. The number of rotatable bonds is 3. The van der Waals surface area contributed by atoms with E-state index in [0.29, 0.717) is 0 Å². The Balaban J connectivity index is 2.03. The lowest BCUT2D eigenvalue weighted by molar-refractivity contribution is 0.553. The van der Waals surface area contributed by atoms with Gasteiger partial charge in [-0.15, -0.1) is 0 Å². The number of aromatic nitrogens is 2. The minimum atomic E-state index is 0.275. The Bertz CT molecular complexity index is 789. The van der Waals surface area contributed by atoms with Crippen LogP contribution in [-0.4, -0.2) is 9.55 Å². The van der Waals surface area contributed by atoms with Gasteiger partial charge in [0.15, 0.2) is 4.77 Å². The van der Waals surface area contributed by atoms with Crippen LogP contribution in [0.15, 0.2) is 48.5 Å². The zero-order valence-corrected chi connectivity index (χ0v) is 12.7. The second-order valence-corrected chi connectivity index (χ2v) is 5.82. The molecule has 0 bridgehead atoms. The van der Waals surface area contributed by atoms with Crippen molar-refractivity contribution in [2.24, 2.45) is 0 Å². The lowest BCUT2D eigenvalue weighted by Gasteiger charge is -2.15. The second kappa shape index (κ2) is 5.43. The quantitative estimate of drug-likeness (QED) is 0.663. The van der Waals surface area contributed by atoms with Crippen LogP contribution in [-0.2, 0) is 6.42 Å². The number of H-pyrrole nitrogens is 1. The van der Waals surface area contributed by atoms with Crippen molar-refractivity contribution in [3.05, 3.63) is 63.9 Å². The SMILES string of the molecule is CC(Cc1ccccc1)n1c(=S)[nH]c2ccc(Cl)cc21. The Morgan fingerprint density at radius 2 is 1.95 bits per heavy atom. The summed E-state index contributed by atoms with van der Waals surface area (Å²) in [5.41, 5.74) is 3.39. The summed E-state index contributed by atoms with van der Waals surface area (Å²) < 4.78 is 2.88. The molecule has 0 saturated carbocycles. The van der Waals surface area contributed by atoms with Crippen molar-refractivity contribution in [3.63, 3.8) is 0 Å². The van der Waals surface area contributed by atoms with Crippen LogP contribution in [0.25, 0.3) is 11.0 Å². The van der Waals surface area contributed by atoms with Crippen LogP contribution < -0.4 is 0 Å². The summed E-state index contributed by atoms with van der Waals surface area (Å²) in [5, 5.41) is 0.729. The minimum Gasteiger partial charge on any atom is -0.331 e. The van der Waals surface area contributed by atoms with Crippen LogP contribution >= 0.6 is 23.8 Å². The molecule has 0 aliphatic rings. The molecular weight excluding hydrogens is 288 g/mol. The van der Waals surface area contributed by atoms with Gasteiger partial charge in [0.1, 0.15) is 0 Å². The molecule has 3 aromatic rings. The highest BCUT2D eigenvalue weighted by Gasteiger charge is 2.12. The Morgan fingerprint density at radius 3 is 2.70 bits per heavy atom. The number of fused-ring (bicyclic) bond motifs is 1. The fraction of sp³-hybridized carbons (Fsp3) is 0.188. The molecule has 1 atom stereocenters. The van der Waals surface area contributed by atoms with Gasteiger partial charge in [-0.25, -0.2) is 0 Å². The van der Waals surface area contributed by atoms with Crippen molar-refractivity contribution in [1.82, 2.24) is 9.55 Å². The van der Waals surface area contributed by atoms with Gasteiger partial charge in [0.05, 0.1) is 11.0 Å². The van der Waals surface area contributed by atoms with Gasteiger partial charge in [-0.2, -0.15) is 0 Å². The maximum atomic E-state index is 6.10. The molecule has 0 aliphatic carbocycles. The lowest BCUT2D eigenvalue weighted by Crippen LogP contribution is -2.08. The number of nitrogens with one attached hydrogen (secondary N) is 1. The van der Waals surface area contributed by atoms with Crippen LogP contribution in [0.4, 0.5) is 0 Å². The predicted molar refractivity (Wildman–Crippen MR) is 87.0 cm³/mol. The van der Waals surface area contributed by atoms with E-state index in [-0.39, 0.29) is 6.04 Å². The van der Waals surface area contributed by atoms with Crippen LogP contribution in [0, 0.1) is 4.77 Å². The highest BCUT2D eigenvalue weighted by molar-refractivity contribution is 7.71. The third kappa shape index (κ3) is 2.51. The Kier molecular flexibility index (Phi) is 3.64. The lowest BCUT2D eigenvalue weighted by atomic mass is 10.1. The summed E-state index contributed by atoms with van der Waals surface area (Å²) in [6.45, 7) is 2.18. The number of nitrogens with zero attached hydrogens (tertiary/aromatic N) is 1. The third-order valence-electron chi connectivity index (χ3n) is 3.49. The molecule has 0 aliphatic heterocycles. The molecular formula is C16H15ClN2S. The summed E-state index contributed by atoms with van der Waals surface area (Å²) in [6, 6.07) is 16.5. The van der Waals surface area contributed by atoms with Gasteiger partial charge in [-0.1, -0.05) is 41.9 Å². The van der Waals surface area contributed by atoms with E-state index in [1.807, 2.05) is 24.3 Å². The van der Waals surface area contributed by atoms with E-state index >= 15 is 0 Å². The molecule has 20 heavy (non-hydrogen) atoms.